The van der Waals surface area contributed by atoms with E-state index in [0.29, 0.717) is 11.4 Å². The van der Waals surface area contributed by atoms with E-state index in [1.54, 1.807) is 35.2 Å². The van der Waals surface area contributed by atoms with E-state index < -0.39 is 17.1 Å². The highest BCUT2D eigenvalue weighted by molar-refractivity contribution is 6.31. The van der Waals surface area contributed by atoms with E-state index in [9.17, 15) is 14.0 Å². The van der Waals surface area contributed by atoms with Gasteiger partial charge in [0.15, 0.2) is 11.2 Å². The van der Waals surface area contributed by atoms with Gasteiger partial charge in [-0.1, -0.05) is 17.7 Å². The van der Waals surface area contributed by atoms with Crippen LogP contribution in [0.15, 0.2) is 52.3 Å². The molecule has 1 aromatic carbocycles. The highest BCUT2D eigenvalue weighted by Gasteiger charge is 2.21. The molecule has 28 heavy (non-hydrogen) atoms. The Morgan fingerprint density at radius 3 is 2.57 bits per heavy atom. The number of aryl methyl sites for hydroxylation is 1. The van der Waals surface area contributed by atoms with Crippen LogP contribution in [0.3, 0.4) is 0 Å². The summed E-state index contributed by atoms with van der Waals surface area (Å²) >= 11 is 6.20. The lowest BCUT2D eigenvalue weighted by Gasteiger charge is -2.12. The van der Waals surface area contributed by atoms with Crippen LogP contribution in [0.2, 0.25) is 5.02 Å². The number of aromatic nitrogens is 5. The van der Waals surface area contributed by atoms with Crippen LogP contribution in [0.1, 0.15) is 5.56 Å². The summed E-state index contributed by atoms with van der Waals surface area (Å²) in [6.45, 7) is -0.0281. The third-order valence-electron chi connectivity index (χ3n) is 4.65. The number of imidazole rings is 1. The van der Waals surface area contributed by atoms with Crippen molar-refractivity contribution < 1.29 is 4.39 Å². The smallest absolute Gasteiger partial charge is 0.313 e. The first-order valence-corrected chi connectivity index (χ1v) is 8.77. The van der Waals surface area contributed by atoms with E-state index in [0.717, 1.165) is 4.57 Å². The molecule has 142 valence electrons. The lowest BCUT2D eigenvalue weighted by atomic mass is 10.2. The largest absolute Gasteiger partial charge is 0.332 e. The molecule has 0 bridgehead atoms. The van der Waals surface area contributed by atoms with Crippen LogP contribution in [0.25, 0.3) is 22.6 Å². The van der Waals surface area contributed by atoms with Gasteiger partial charge in [0, 0.05) is 42.6 Å². The van der Waals surface area contributed by atoms with Gasteiger partial charge in [0.1, 0.15) is 11.6 Å². The molecule has 4 aromatic rings. The number of halogens is 2. The van der Waals surface area contributed by atoms with Crippen molar-refractivity contribution in [1.82, 2.24) is 23.7 Å². The molecule has 0 aliphatic rings. The molecule has 9 heteroatoms. The van der Waals surface area contributed by atoms with Crippen molar-refractivity contribution in [3.05, 3.63) is 80.0 Å². The maximum Gasteiger partial charge on any atom is 0.332 e. The van der Waals surface area contributed by atoms with Crippen LogP contribution in [0.5, 0.6) is 0 Å². The summed E-state index contributed by atoms with van der Waals surface area (Å²) in [6.07, 6.45) is 3.20. The van der Waals surface area contributed by atoms with Gasteiger partial charge in [-0.2, -0.15) is 0 Å². The van der Waals surface area contributed by atoms with Crippen LogP contribution < -0.4 is 11.2 Å². The van der Waals surface area contributed by atoms with E-state index >= 15 is 0 Å². The number of hydrogen-bond acceptors (Lipinski definition) is 4. The van der Waals surface area contributed by atoms with Crippen molar-refractivity contribution >= 4 is 22.8 Å². The van der Waals surface area contributed by atoms with E-state index in [2.05, 4.69) is 9.97 Å². The molecule has 4 rings (SSSR count). The lowest BCUT2D eigenvalue weighted by Crippen LogP contribution is -2.37. The van der Waals surface area contributed by atoms with Gasteiger partial charge in [0.05, 0.1) is 6.54 Å². The van der Waals surface area contributed by atoms with E-state index in [1.165, 1.54) is 30.8 Å². The quantitative estimate of drug-likeness (QED) is 0.530. The minimum absolute atomic E-state index is 0.0281. The van der Waals surface area contributed by atoms with Crippen LogP contribution in [0.4, 0.5) is 4.39 Å². The average molecular weight is 400 g/mol. The minimum atomic E-state index is -0.520. The minimum Gasteiger partial charge on any atom is -0.313 e. The van der Waals surface area contributed by atoms with Crippen LogP contribution in [-0.4, -0.2) is 23.7 Å². The number of nitrogens with zero attached hydrogens (tertiary/aromatic N) is 5. The van der Waals surface area contributed by atoms with Gasteiger partial charge in [-0.25, -0.2) is 14.2 Å². The molecule has 0 N–H and O–H groups in total. The Kier molecular flexibility index (Phi) is 4.35. The second-order valence-corrected chi connectivity index (χ2v) is 6.75. The van der Waals surface area contributed by atoms with Gasteiger partial charge < -0.3 is 4.57 Å². The van der Waals surface area contributed by atoms with E-state index in [1.807, 2.05) is 0 Å². The molecule has 7 nitrogen and oxygen atoms in total. The first-order chi connectivity index (χ1) is 13.4. The molecule has 0 saturated heterocycles. The highest BCUT2D eigenvalue weighted by Crippen LogP contribution is 2.26. The van der Waals surface area contributed by atoms with Gasteiger partial charge in [-0.3, -0.25) is 18.9 Å². The molecule has 3 aromatic heterocycles. The topological polar surface area (TPSA) is 74.7 Å². The number of pyridine rings is 1. The molecule has 0 fully saturated rings. The van der Waals surface area contributed by atoms with Gasteiger partial charge in [-0.15, -0.1) is 0 Å². The zero-order valence-electron chi connectivity index (χ0n) is 15.1. The third kappa shape index (κ3) is 2.73. The van der Waals surface area contributed by atoms with Crippen LogP contribution >= 0.6 is 11.6 Å². The molecule has 0 aliphatic heterocycles. The molecule has 0 aliphatic carbocycles. The number of rotatable bonds is 3. The van der Waals surface area contributed by atoms with E-state index in [4.69, 9.17) is 11.6 Å². The van der Waals surface area contributed by atoms with Gasteiger partial charge in [0.2, 0.25) is 0 Å². The summed E-state index contributed by atoms with van der Waals surface area (Å²) in [5.41, 5.74) is 0.226. The molecule has 3 heterocycles. The Balaban J connectivity index is 2.10. The molecule has 0 radical (unpaired) electrons. The van der Waals surface area contributed by atoms with Gasteiger partial charge in [0.25, 0.3) is 5.56 Å². The van der Waals surface area contributed by atoms with Crippen LogP contribution in [-0.2, 0) is 20.6 Å². The molecule has 0 spiro atoms. The van der Waals surface area contributed by atoms with Crippen molar-refractivity contribution in [2.75, 3.05) is 0 Å². The average Bonchev–Trinajstić information content (AvgIpc) is 3.08. The molecule has 0 atom stereocenters. The zero-order valence-corrected chi connectivity index (χ0v) is 15.8. The predicted molar refractivity (Wildman–Crippen MR) is 104 cm³/mol. The van der Waals surface area contributed by atoms with Crippen molar-refractivity contribution in [3.8, 4) is 11.4 Å². The van der Waals surface area contributed by atoms with Crippen LogP contribution in [0, 0.1) is 5.82 Å². The number of benzene rings is 1. The maximum atomic E-state index is 14.4. The number of fused-ring (bicyclic) bond motifs is 1. The third-order valence-corrected chi connectivity index (χ3v) is 5.00. The molecule has 0 amide bonds. The van der Waals surface area contributed by atoms with Crippen molar-refractivity contribution in [3.63, 3.8) is 0 Å². The lowest BCUT2D eigenvalue weighted by molar-refractivity contribution is 0.601. The zero-order chi connectivity index (χ0) is 20.0. The second kappa shape index (κ2) is 6.72. The van der Waals surface area contributed by atoms with Crippen molar-refractivity contribution in [1.29, 1.82) is 0 Å². The standard InChI is InChI=1S/C19H15ClFN5O2/c1-24-17-15(18(27)25(2)19(24)28)26(10-12-13(20)6-3-7-14(12)21)16(23-17)11-5-4-8-22-9-11/h3-9H,10H2,1-2H3. The monoisotopic (exact) mass is 399 g/mol. The molecule has 0 saturated carbocycles. The summed E-state index contributed by atoms with van der Waals surface area (Å²) in [7, 11) is 2.92. The molecular formula is C19H15ClFN5O2. The van der Waals surface area contributed by atoms with Gasteiger partial charge in [-0.05, 0) is 24.3 Å². The molecular weight excluding hydrogens is 385 g/mol. The fourth-order valence-electron chi connectivity index (χ4n) is 3.16. The Morgan fingerprint density at radius 1 is 1.11 bits per heavy atom. The van der Waals surface area contributed by atoms with Crippen molar-refractivity contribution in [2.45, 2.75) is 6.54 Å². The van der Waals surface area contributed by atoms with Gasteiger partial charge >= 0.3 is 5.69 Å². The first-order valence-electron chi connectivity index (χ1n) is 8.39. The summed E-state index contributed by atoms with van der Waals surface area (Å²) in [6, 6.07) is 7.90. The summed E-state index contributed by atoms with van der Waals surface area (Å²) in [4.78, 5) is 33.8. The second-order valence-electron chi connectivity index (χ2n) is 6.34. The summed E-state index contributed by atoms with van der Waals surface area (Å²) in [5, 5.41) is 0.237. The Morgan fingerprint density at radius 2 is 1.89 bits per heavy atom. The number of hydrogen-bond donors (Lipinski definition) is 0. The SMILES string of the molecule is Cn1c(=O)c2c(nc(-c3cccnc3)n2Cc2c(F)cccc2Cl)n(C)c1=O. The Hall–Kier alpha value is -3.26. The predicted octanol–water partition coefficient (Wildman–Crippen LogP) is 2.34. The molecule has 0 unspecified atom stereocenters. The van der Waals surface area contributed by atoms with Crippen molar-refractivity contribution in [2.24, 2.45) is 14.1 Å². The van der Waals surface area contributed by atoms with E-state index in [-0.39, 0.29) is 28.3 Å². The Labute approximate surface area is 163 Å². The fraction of sp³-hybridized carbons (Fsp3) is 0.158. The summed E-state index contributed by atoms with van der Waals surface area (Å²) in [5.74, 6) is -0.103. The Bertz CT molecular complexity index is 1300. The normalized spacial score (nSPS) is 11.3. The summed E-state index contributed by atoms with van der Waals surface area (Å²) < 4.78 is 18.3. The fourth-order valence-corrected chi connectivity index (χ4v) is 3.38. The maximum absolute atomic E-state index is 14.4. The first kappa shape index (κ1) is 18.1. The highest BCUT2D eigenvalue weighted by atomic mass is 35.5.